The minimum absolute atomic E-state index is 0. The molecule has 10 saturated carbocycles. The number of anilines is 2. The van der Waals surface area contributed by atoms with E-state index in [0.29, 0.717) is 41.0 Å². The zero-order chi connectivity index (χ0) is 52.9. The van der Waals surface area contributed by atoms with E-state index < -0.39 is 32.9 Å². The second-order valence-electron chi connectivity index (χ2n) is 22.2. The quantitative estimate of drug-likeness (QED) is 0.167. The van der Waals surface area contributed by atoms with Crippen molar-refractivity contribution in [2.24, 2.45) is 75.4 Å². The molecule has 12 fully saturated rings. The number of carbonyl (C=O) groups excluding carboxylic acids is 3. The van der Waals surface area contributed by atoms with Gasteiger partial charge in [-0.15, -0.1) is 12.4 Å². The molecule has 14 rings (SSSR count). The molecule has 10 aliphatic carbocycles. The number of carbonyl (C=O) groups is 4. The first kappa shape index (κ1) is 59.4. The number of primary amides is 2. The van der Waals surface area contributed by atoms with Gasteiger partial charge in [0.15, 0.2) is 0 Å². The number of nitrogens with zero attached hydrogens (tertiary/aromatic N) is 4. The van der Waals surface area contributed by atoms with Crippen LogP contribution in [0.1, 0.15) is 89.9 Å². The number of nitrogens with two attached hydrogens (primary N) is 3. The number of hydrogen-bond donors (Lipinski definition) is 5. The highest BCUT2D eigenvalue weighted by Gasteiger charge is 2.57. The van der Waals surface area contributed by atoms with Crippen molar-refractivity contribution in [3.05, 3.63) is 54.4 Å². The van der Waals surface area contributed by atoms with Crippen LogP contribution in [0.15, 0.2) is 24.3 Å². The maximum atomic E-state index is 13.6. The normalized spacial score (nSPS) is 32.1. The number of amides is 3. The SMILES string of the molecule is Cl.NC1C2CC3CC(C2)CC1C3.NC=O.NC=O.O=C(CN1CC2(CC2)CN(c2c(Cl)cc(Cl)cc2Cl)S1(=O)=O)NC1C2CC3CC(C2)CC1C3.O=C(O)CN1CC2(CC2)CN(c2c(Cl)cc(Cl)cc2Cl)S1(=O)=O. The second-order valence-corrected chi connectivity index (χ2v) is 28.4. The Morgan fingerprint density at radius 2 is 0.892 bits per heavy atom. The number of rotatable bonds is 7. The van der Waals surface area contributed by atoms with E-state index in [4.69, 9.17) is 90.0 Å². The Bertz CT molecular complexity index is 2560. The largest absolute Gasteiger partial charge is 0.480 e. The van der Waals surface area contributed by atoms with Crippen LogP contribution in [0.5, 0.6) is 0 Å². The van der Waals surface area contributed by atoms with Gasteiger partial charge in [-0.25, -0.2) is 0 Å². The van der Waals surface area contributed by atoms with Crippen molar-refractivity contribution < 1.29 is 41.1 Å². The monoisotopic (exact) mass is 1210 g/mol. The number of hydrogen-bond acceptors (Lipinski definition) is 9. The highest BCUT2D eigenvalue weighted by Crippen LogP contribution is 2.57. The van der Waals surface area contributed by atoms with Crippen LogP contribution >= 0.6 is 82.0 Å². The van der Waals surface area contributed by atoms with Gasteiger partial charge in [-0.3, -0.25) is 27.8 Å². The molecule has 2 aromatic carbocycles. The van der Waals surface area contributed by atoms with Crippen LogP contribution in [0.4, 0.5) is 11.4 Å². The average molecular weight is 1210 g/mol. The van der Waals surface area contributed by atoms with Gasteiger partial charge in [-0.1, -0.05) is 69.6 Å². The zero-order valence-corrected chi connectivity index (χ0v) is 47.6. The van der Waals surface area contributed by atoms with Crippen LogP contribution in [-0.2, 0) is 39.6 Å². The third kappa shape index (κ3) is 12.9. The Balaban J connectivity index is 0.000000168. The molecule has 0 unspecified atom stereocenters. The predicted molar refractivity (Wildman–Crippen MR) is 291 cm³/mol. The van der Waals surface area contributed by atoms with Crippen molar-refractivity contribution in [1.82, 2.24) is 13.9 Å². The molecule has 8 N–H and O–H groups in total. The number of nitrogens with one attached hydrogen (secondary N) is 1. The highest BCUT2D eigenvalue weighted by molar-refractivity contribution is 7.91. The average Bonchev–Trinajstić information content (AvgIpc) is 4.22. The lowest BCUT2D eigenvalue weighted by molar-refractivity contribution is -0.137. The molecule has 0 radical (unpaired) electrons. The first-order valence-corrected chi connectivity index (χ1v) is 29.9. The summed E-state index contributed by atoms with van der Waals surface area (Å²) in [5, 5.41) is 13.5. The molecule has 12 aliphatic rings. The maximum Gasteiger partial charge on any atom is 0.318 e. The Labute approximate surface area is 469 Å². The summed E-state index contributed by atoms with van der Waals surface area (Å²) in [6.45, 7) is 0.316. The van der Waals surface area contributed by atoms with Gasteiger partial charge in [0.1, 0.15) is 6.54 Å². The standard InChI is InChI=1S/C23H28Cl3N3O3S.C13H13Cl3N2O4S.C10H17N.2CH3NO.ClH/c24-17-8-18(25)22(19(26)9-17)29-12-23(1-2-23)11-28(33(29,31)32)10-20(30)27-21-15-4-13-3-14(6-15)7-16(21)5-13;14-8-3-9(15)12(10(16)4-8)18-7-13(1-2-13)6-17(5-11(19)20)23(18,21)22;11-10-8-2-6-1-7(4-8)5-9(10)3-6;2*2-1-3;/h8-9,13-16,21H,1-7,10-12H2,(H,27,30);3-4H,1-2,5-7H2,(H,19,20);6-10H,1-5,11H2;2*1H,(H2,2,3);1H. The predicted octanol–water partition coefficient (Wildman–Crippen LogP) is 8.01. The summed E-state index contributed by atoms with van der Waals surface area (Å²) in [6, 6.07) is 6.59. The zero-order valence-electron chi connectivity index (χ0n) is 40.6. The molecule has 2 heterocycles. The van der Waals surface area contributed by atoms with Gasteiger partial charge in [0.2, 0.25) is 18.7 Å². The first-order chi connectivity index (χ1) is 34.4. The fourth-order valence-electron chi connectivity index (χ4n) is 13.9. The van der Waals surface area contributed by atoms with Crippen LogP contribution < -0.4 is 31.1 Å². The minimum Gasteiger partial charge on any atom is -0.480 e. The summed E-state index contributed by atoms with van der Waals surface area (Å²) < 4.78 is 57.5. The van der Waals surface area contributed by atoms with Gasteiger partial charge in [0.25, 0.3) is 0 Å². The number of benzene rings is 2. The fraction of sp³-hybridized carbons (Fsp3) is 0.667. The summed E-state index contributed by atoms with van der Waals surface area (Å²) in [4.78, 5) is 41.3. The van der Waals surface area contributed by atoms with E-state index in [1.807, 2.05) is 0 Å². The van der Waals surface area contributed by atoms with Crippen molar-refractivity contribution in [3.63, 3.8) is 0 Å². The number of carboxylic acid groups (broad SMARTS) is 1. The van der Waals surface area contributed by atoms with Gasteiger partial charge in [0.05, 0.1) is 38.0 Å². The molecule has 8 bridgehead atoms. The van der Waals surface area contributed by atoms with Crippen molar-refractivity contribution in [2.45, 2.75) is 102 Å². The highest BCUT2D eigenvalue weighted by atomic mass is 35.5. The number of halogens is 7. The van der Waals surface area contributed by atoms with Gasteiger partial charge in [0, 0.05) is 59.1 Å². The molecule has 74 heavy (non-hydrogen) atoms. The van der Waals surface area contributed by atoms with Gasteiger partial charge in [-0.05, 0) is 162 Å². The lowest BCUT2D eigenvalue weighted by Gasteiger charge is -2.54. The molecule has 2 spiro atoms. The lowest BCUT2D eigenvalue weighted by atomic mass is 9.54. The third-order valence-corrected chi connectivity index (χ3v) is 22.2. The molecule has 26 heteroatoms. The third-order valence-electron chi connectivity index (χ3n) is 17.1. The van der Waals surface area contributed by atoms with E-state index in [0.717, 1.165) is 69.8 Å². The minimum atomic E-state index is -4.03. The van der Waals surface area contributed by atoms with Gasteiger partial charge < -0.3 is 27.6 Å². The van der Waals surface area contributed by atoms with E-state index in [-0.39, 0.29) is 99.1 Å². The van der Waals surface area contributed by atoms with Gasteiger partial charge in [-0.2, -0.15) is 25.4 Å². The van der Waals surface area contributed by atoms with E-state index in [1.54, 1.807) is 6.42 Å². The molecule has 0 aromatic heterocycles. The number of carboxylic acids is 1. The summed E-state index contributed by atoms with van der Waals surface area (Å²) in [5.41, 5.74) is 14.5. The summed E-state index contributed by atoms with van der Waals surface area (Å²) in [7, 11) is -8.00. The first-order valence-electron chi connectivity index (χ1n) is 24.9. The molecule has 412 valence electrons. The van der Waals surface area contributed by atoms with Crippen molar-refractivity contribution >= 4 is 139 Å². The van der Waals surface area contributed by atoms with Crippen LogP contribution in [-0.4, -0.2) is 107 Å². The Hall–Kier alpha value is -2.27. The van der Waals surface area contributed by atoms with Crippen LogP contribution in [0.2, 0.25) is 30.1 Å². The van der Waals surface area contributed by atoms with Crippen molar-refractivity contribution in [1.29, 1.82) is 0 Å². The summed E-state index contributed by atoms with van der Waals surface area (Å²) in [6.07, 6.45) is 17.5. The second kappa shape index (κ2) is 23.6. The van der Waals surface area contributed by atoms with E-state index in [2.05, 4.69) is 16.8 Å². The van der Waals surface area contributed by atoms with Crippen molar-refractivity contribution in [3.8, 4) is 0 Å². The molecule has 0 atom stereocenters. The van der Waals surface area contributed by atoms with E-state index >= 15 is 0 Å². The molecule has 2 saturated heterocycles. The van der Waals surface area contributed by atoms with E-state index in [1.165, 1.54) is 90.7 Å². The van der Waals surface area contributed by atoms with Gasteiger partial charge >= 0.3 is 26.4 Å². The van der Waals surface area contributed by atoms with Crippen LogP contribution in [0.25, 0.3) is 0 Å². The maximum absolute atomic E-state index is 13.6. The Morgan fingerprint density at radius 1 is 0.581 bits per heavy atom. The summed E-state index contributed by atoms with van der Waals surface area (Å²) >= 11 is 37.0. The molecule has 17 nitrogen and oxygen atoms in total. The van der Waals surface area contributed by atoms with Crippen molar-refractivity contribution in [2.75, 3.05) is 47.9 Å². The number of aliphatic carboxylic acids is 1. The molecule has 3 amide bonds. The molecular formula is C48H65Cl7N8O9S2. The van der Waals surface area contributed by atoms with E-state index in [9.17, 15) is 26.4 Å². The fourth-order valence-corrected chi connectivity index (χ4v) is 19.9. The Kier molecular flexibility index (Phi) is 18.9. The smallest absolute Gasteiger partial charge is 0.318 e. The van der Waals surface area contributed by atoms with Crippen LogP contribution in [0, 0.1) is 58.2 Å². The topological polar surface area (TPSA) is 260 Å². The van der Waals surface area contributed by atoms with Crippen LogP contribution in [0.3, 0.4) is 0 Å². The Morgan fingerprint density at radius 3 is 1.20 bits per heavy atom. The molecular weight excluding hydrogens is 1140 g/mol. The lowest BCUT2D eigenvalue weighted by Crippen LogP contribution is -2.60. The molecule has 2 aliphatic heterocycles. The summed E-state index contributed by atoms with van der Waals surface area (Å²) in [5.74, 6) is 5.32. The molecule has 2 aromatic rings.